The highest BCUT2D eigenvalue weighted by molar-refractivity contribution is 8.01. The Morgan fingerprint density at radius 3 is 2.36 bits per heavy atom. The molecule has 0 saturated carbocycles. The Kier molecular flexibility index (Phi) is 8.17. The zero-order valence-corrected chi connectivity index (χ0v) is 22.2. The summed E-state index contributed by atoms with van der Waals surface area (Å²) in [6, 6.07) is 5.27. The highest BCUT2D eigenvalue weighted by Gasteiger charge is 2.35. The molecule has 1 amide bonds. The number of aromatic nitrogens is 5. The van der Waals surface area contributed by atoms with E-state index < -0.39 is 6.10 Å². The number of benzene rings is 1. The summed E-state index contributed by atoms with van der Waals surface area (Å²) in [6.07, 6.45) is 3.75. The number of amides is 1. The smallest absolute Gasteiger partial charge is 0.239 e. The van der Waals surface area contributed by atoms with Gasteiger partial charge < -0.3 is 19.1 Å². The molecule has 4 rings (SSSR count). The Morgan fingerprint density at radius 1 is 1.14 bits per heavy atom. The Labute approximate surface area is 218 Å². The van der Waals surface area contributed by atoms with Crippen molar-refractivity contribution in [3.05, 3.63) is 47.3 Å². The van der Waals surface area contributed by atoms with Gasteiger partial charge >= 0.3 is 0 Å². The fraction of sp³-hybridized carbons (Fsp3) is 0.435. The second kappa shape index (κ2) is 11.3. The Morgan fingerprint density at radius 2 is 1.81 bits per heavy atom. The maximum atomic E-state index is 12.3. The lowest BCUT2D eigenvalue weighted by atomic mass is 10.2. The number of para-hydroxylation sites is 1. The largest absolute Gasteiger partial charge is 0.494 e. The van der Waals surface area contributed by atoms with Crippen LogP contribution in [-0.2, 0) is 9.53 Å². The van der Waals surface area contributed by atoms with E-state index in [4.69, 9.17) is 25.8 Å². The van der Waals surface area contributed by atoms with Crippen molar-refractivity contribution in [1.29, 1.82) is 0 Å². The van der Waals surface area contributed by atoms with Gasteiger partial charge in [-0.25, -0.2) is 9.97 Å². The molecule has 0 bridgehead atoms. The van der Waals surface area contributed by atoms with Crippen LogP contribution in [0.5, 0.6) is 11.5 Å². The molecular weight excluding hydrogens is 506 g/mol. The zero-order valence-electron chi connectivity index (χ0n) is 20.6. The van der Waals surface area contributed by atoms with Gasteiger partial charge in [-0.05, 0) is 37.4 Å². The summed E-state index contributed by atoms with van der Waals surface area (Å²) >= 11 is 7.32. The number of likely N-dealkylation sites (tertiary alicyclic amines) is 1. The van der Waals surface area contributed by atoms with Gasteiger partial charge in [0.25, 0.3) is 0 Å². The molecule has 192 valence electrons. The monoisotopic (exact) mass is 533 g/mol. The van der Waals surface area contributed by atoms with Crippen molar-refractivity contribution in [3.8, 4) is 17.2 Å². The van der Waals surface area contributed by atoms with Crippen LogP contribution in [0.3, 0.4) is 0 Å². The van der Waals surface area contributed by atoms with Gasteiger partial charge in [-0.2, -0.15) is 0 Å². The third-order valence-electron chi connectivity index (χ3n) is 6.02. The maximum Gasteiger partial charge on any atom is 0.239 e. The van der Waals surface area contributed by atoms with Crippen molar-refractivity contribution in [2.75, 3.05) is 33.1 Å². The SMILES string of the molecule is COc1cccc(OC)c1-n1c(NSC(C)C(OC)c2ncc(Cl)cn2)nnc1C1CCC(=O)N1C. The number of ether oxygens (including phenoxy) is 3. The average Bonchev–Trinajstić information content (AvgIpc) is 3.45. The second-order valence-electron chi connectivity index (χ2n) is 8.13. The number of nitrogens with zero attached hydrogens (tertiary/aromatic N) is 6. The van der Waals surface area contributed by atoms with Crippen LogP contribution in [0.2, 0.25) is 5.02 Å². The van der Waals surface area contributed by atoms with Crippen LogP contribution in [0, 0.1) is 0 Å². The summed E-state index contributed by atoms with van der Waals surface area (Å²) in [5.41, 5.74) is 0.635. The number of rotatable bonds is 10. The lowest BCUT2D eigenvalue weighted by molar-refractivity contribution is -0.127. The van der Waals surface area contributed by atoms with Gasteiger partial charge in [0.05, 0.1) is 30.5 Å². The molecule has 11 nitrogen and oxygen atoms in total. The first-order chi connectivity index (χ1) is 17.4. The number of carbonyl (C=O) groups is 1. The molecule has 3 heterocycles. The molecule has 1 aliphatic heterocycles. The predicted octanol–water partition coefficient (Wildman–Crippen LogP) is 3.86. The number of hydrogen-bond donors (Lipinski definition) is 1. The number of nitrogens with one attached hydrogen (secondary N) is 1. The summed E-state index contributed by atoms with van der Waals surface area (Å²) in [6.45, 7) is 1.98. The summed E-state index contributed by atoms with van der Waals surface area (Å²) in [4.78, 5) is 22.6. The van der Waals surface area contributed by atoms with Crippen LogP contribution >= 0.6 is 23.5 Å². The minimum Gasteiger partial charge on any atom is -0.494 e. The van der Waals surface area contributed by atoms with E-state index >= 15 is 0 Å². The second-order valence-corrected chi connectivity index (χ2v) is 9.75. The normalized spacial score (nSPS) is 17.2. The molecule has 0 radical (unpaired) electrons. The van der Waals surface area contributed by atoms with Crippen molar-refractivity contribution in [2.45, 2.75) is 37.2 Å². The number of methoxy groups -OCH3 is 3. The first-order valence-corrected chi connectivity index (χ1v) is 12.5. The van der Waals surface area contributed by atoms with Crippen molar-refractivity contribution in [3.63, 3.8) is 0 Å². The van der Waals surface area contributed by atoms with Crippen molar-refractivity contribution < 1.29 is 19.0 Å². The molecule has 1 saturated heterocycles. The predicted molar refractivity (Wildman–Crippen MR) is 137 cm³/mol. The molecule has 2 aromatic heterocycles. The lowest BCUT2D eigenvalue weighted by Crippen LogP contribution is -2.25. The minimum atomic E-state index is -0.407. The molecule has 0 aliphatic carbocycles. The molecule has 3 unspecified atom stereocenters. The molecule has 1 aliphatic rings. The van der Waals surface area contributed by atoms with Gasteiger partial charge in [0.15, 0.2) is 11.6 Å². The number of anilines is 1. The van der Waals surface area contributed by atoms with Gasteiger partial charge in [0, 0.05) is 33.0 Å². The minimum absolute atomic E-state index is 0.0601. The van der Waals surface area contributed by atoms with Gasteiger partial charge in [0.2, 0.25) is 11.9 Å². The quantitative estimate of drug-likeness (QED) is 0.385. The van der Waals surface area contributed by atoms with Crippen LogP contribution in [0.4, 0.5) is 5.95 Å². The molecule has 1 aromatic carbocycles. The topological polar surface area (TPSA) is 117 Å². The molecule has 1 fully saturated rings. The molecule has 3 atom stereocenters. The third-order valence-corrected chi connectivity index (χ3v) is 7.13. The van der Waals surface area contributed by atoms with Crippen molar-refractivity contribution >= 4 is 35.4 Å². The Bertz CT molecular complexity index is 1190. The lowest BCUT2D eigenvalue weighted by Gasteiger charge is -2.24. The van der Waals surface area contributed by atoms with Crippen LogP contribution in [-0.4, -0.2) is 69.2 Å². The molecule has 3 aromatic rings. The van der Waals surface area contributed by atoms with Crippen molar-refractivity contribution in [1.82, 2.24) is 29.6 Å². The van der Waals surface area contributed by atoms with E-state index in [9.17, 15) is 4.79 Å². The molecule has 1 N–H and O–H groups in total. The zero-order chi connectivity index (χ0) is 25.8. The third kappa shape index (κ3) is 5.06. The summed E-state index contributed by atoms with van der Waals surface area (Å²) in [5.74, 6) is 2.78. The van der Waals surface area contributed by atoms with Crippen molar-refractivity contribution in [2.24, 2.45) is 0 Å². The average molecular weight is 534 g/mol. The van der Waals surface area contributed by atoms with Crippen LogP contribution in [0.25, 0.3) is 5.69 Å². The van der Waals surface area contributed by atoms with Crippen LogP contribution in [0.15, 0.2) is 30.6 Å². The Hall–Kier alpha value is -3.09. The molecule has 36 heavy (non-hydrogen) atoms. The van der Waals surface area contributed by atoms with E-state index in [1.165, 1.54) is 24.3 Å². The number of halogens is 1. The molecule has 13 heteroatoms. The standard InChI is InChI=1S/C23H28ClN7O4S/c1-13(20(35-5)21-25-11-14(24)12-26-21)36-29-23-28-27-22(15-9-10-18(32)30(15)2)31(23)19-16(33-3)7-6-8-17(19)34-4/h6-8,11-13,15,20H,9-10H2,1-5H3,(H,28,29). The highest BCUT2D eigenvalue weighted by atomic mass is 35.5. The summed E-state index contributed by atoms with van der Waals surface area (Å²) in [7, 11) is 6.56. The first-order valence-electron chi connectivity index (χ1n) is 11.2. The molecular formula is C23H28ClN7O4S. The van der Waals surface area contributed by atoms with Gasteiger partial charge in [0.1, 0.15) is 23.3 Å². The fourth-order valence-corrected chi connectivity index (χ4v) is 5.02. The van der Waals surface area contributed by atoms with Crippen LogP contribution in [0.1, 0.15) is 43.6 Å². The number of hydrogen-bond acceptors (Lipinski definition) is 10. The van der Waals surface area contributed by atoms with Crippen LogP contribution < -0.4 is 14.2 Å². The van der Waals surface area contributed by atoms with E-state index in [0.29, 0.717) is 52.6 Å². The van der Waals surface area contributed by atoms with E-state index in [2.05, 4.69) is 24.9 Å². The maximum absolute atomic E-state index is 12.3. The first kappa shape index (κ1) is 26.0. The fourth-order valence-electron chi connectivity index (χ4n) is 4.14. The van der Waals surface area contributed by atoms with Gasteiger partial charge in [-0.1, -0.05) is 17.7 Å². The van der Waals surface area contributed by atoms with E-state index in [0.717, 1.165) is 0 Å². The number of carbonyl (C=O) groups excluding carboxylic acids is 1. The summed E-state index contributed by atoms with van der Waals surface area (Å²) < 4.78 is 22.1. The highest BCUT2D eigenvalue weighted by Crippen LogP contribution is 2.40. The van der Waals surface area contributed by atoms with E-state index in [1.807, 2.05) is 29.7 Å². The van der Waals surface area contributed by atoms with E-state index in [-0.39, 0.29) is 17.2 Å². The van der Waals surface area contributed by atoms with E-state index in [1.54, 1.807) is 33.3 Å². The van der Waals surface area contributed by atoms with Gasteiger partial charge in [-0.15, -0.1) is 10.2 Å². The van der Waals surface area contributed by atoms with Gasteiger partial charge in [-0.3, -0.25) is 14.1 Å². The Balaban J connectivity index is 1.70. The molecule has 0 spiro atoms. The summed E-state index contributed by atoms with van der Waals surface area (Å²) in [5, 5.41) is 9.24.